The van der Waals surface area contributed by atoms with E-state index < -0.39 is 0 Å². The lowest BCUT2D eigenvalue weighted by Crippen LogP contribution is -2.21. The third kappa shape index (κ3) is 2.66. The van der Waals surface area contributed by atoms with Crippen molar-refractivity contribution in [2.24, 2.45) is 0 Å². The molecule has 3 heterocycles. The average Bonchev–Trinajstić information content (AvgIpc) is 3.12. The number of aryl methyl sites for hydroxylation is 1. The van der Waals surface area contributed by atoms with Gasteiger partial charge in [-0.2, -0.15) is 0 Å². The Morgan fingerprint density at radius 3 is 3.00 bits per heavy atom. The maximum absolute atomic E-state index is 4.60. The minimum atomic E-state index is 0.448. The van der Waals surface area contributed by atoms with Gasteiger partial charge < -0.3 is 5.32 Å². The van der Waals surface area contributed by atoms with E-state index in [0.29, 0.717) is 6.04 Å². The van der Waals surface area contributed by atoms with Gasteiger partial charge in [0.15, 0.2) is 4.96 Å². The fourth-order valence-electron chi connectivity index (χ4n) is 2.50. The van der Waals surface area contributed by atoms with Gasteiger partial charge in [0.2, 0.25) is 0 Å². The molecular weight excluding hydrogens is 286 g/mol. The molecule has 0 aromatic carbocycles. The fourth-order valence-corrected chi connectivity index (χ4v) is 4.11. The molecule has 1 atom stereocenters. The summed E-state index contributed by atoms with van der Waals surface area (Å²) in [4.78, 5) is 7.12. The number of rotatable bonds is 6. The monoisotopic (exact) mass is 305 g/mol. The van der Waals surface area contributed by atoms with Crippen molar-refractivity contribution < 1.29 is 0 Å². The van der Waals surface area contributed by atoms with Crippen molar-refractivity contribution in [2.75, 3.05) is 0 Å². The number of nitrogens with zero attached hydrogens (tertiary/aromatic N) is 2. The third-order valence-electron chi connectivity index (χ3n) is 3.54. The van der Waals surface area contributed by atoms with E-state index in [9.17, 15) is 0 Å². The highest BCUT2D eigenvalue weighted by atomic mass is 32.1. The first-order valence-electron chi connectivity index (χ1n) is 6.97. The number of fused-ring (bicyclic) bond motifs is 1. The number of aromatic nitrogens is 2. The summed E-state index contributed by atoms with van der Waals surface area (Å²) < 4.78 is 2.20. The molecule has 3 aromatic heterocycles. The molecule has 106 valence electrons. The second-order valence-corrected chi connectivity index (χ2v) is 6.79. The van der Waals surface area contributed by atoms with Crippen molar-refractivity contribution in [3.05, 3.63) is 45.4 Å². The normalized spacial score (nSPS) is 13.1. The minimum Gasteiger partial charge on any atom is -0.304 e. The molecule has 0 aliphatic rings. The maximum atomic E-state index is 4.60. The van der Waals surface area contributed by atoms with E-state index in [4.69, 9.17) is 0 Å². The molecule has 3 rings (SSSR count). The zero-order chi connectivity index (χ0) is 13.9. The molecule has 3 aromatic rings. The summed E-state index contributed by atoms with van der Waals surface area (Å²) in [6, 6.07) is 4.80. The molecule has 3 nitrogen and oxygen atoms in total. The van der Waals surface area contributed by atoms with Gasteiger partial charge in [0.25, 0.3) is 0 Å². The zero-order valence-corrected chi connectivity index (χ0v) is 13.4. The molecule has 1 N–H and O–H groups in total. The van der Waals surface area contributed by atoms with Crippen LogP contribution in [0, 0.1) is 6.92 Å². The molecule has 0 fully saturated rings. The second-order valence-electron chi connectivity index (χ2n) is 4.94. The van der Waals surface area contributed by atoms with Crippen LogP contribution in [0.1, 0.15) is 42.1 Å². The Balaban J connectivity index is 1.77. The first-order valence-corrected chi connectivity index (χ1v) is 8.73. The van der Waals surface area contributed by atoms with E-state index in [2.05, 4.69) is 57.6 Å². The largest absolute Gasteiger partial charge is 0.304 e. The molecule has 0 saturated heterocycles. The van der Waals surface area contributed by atoms with E-state index in [1.807, 2.05) is 11.3 Å². The molecule has 0 aliphatic carbocycles. The summed E-state index contributed by atoms with van der Waals surface area (Å²) in [5, 5.41) is 7.95. The molecule has 1 unspecified atom stereocenters. The van der Waals surface area contributed by atoms with Crippen molar-refractivity contribution in [1.29, 1.82) is 0 Å². The lowest BCUT2D eigenvalue weighted by Gasteiger charge is -2.16. The predicted molar refractivity (Wildman–Crippen MR) is 86.6 cm³/mol. The number of hydrogen-bond acceptors (Lipinski definition) is 4. The lowest BCUT2D eigenvalue weighted by atomic mass is 10.1. The Morgan fingerprint density at radius 1 is 1.35 bits per heavy atom. The van der Waals surface area contributed by atoms with Crippen LogP contribution in [0.2, 0.25) is 0 Å². The maximum Gasteiger partial charge on any atom is 0.194 e. The third-order valence-corrected chi connectivity index (χ3v) is 5.28. The molecule has 0 bridgehead atoms. The first kappa shape index (κ1) is 13.8. The smallest absolute Gasteiger partial charge is 0.194 e. The molecule has 0 spiro atoms. The summed E-state index contributed by atoms with van der Waals surface area (Å²) in [5.41, 5.74) is 2.41. The standard InChI is InChI=1S/C15H19N3S2/c1-3-5-12(14-6-4-8-19-14)16-10-13-11(2)17-15-18(13)7-9-20-15/h4,6-9,12,16H,3,5,10H2,1-2H3. The molecule has 0 aliphatic heterocycles. The number of thiophene rings is 1. The van der Waals surface area contributed by atoms with Gasteiger partial charge in [-0.25, -0.2) is 4.98 Å². The molecule has 5 heteroatoms. The van der Waals surface area contributed by atoms with Gasteiger partial charge in [0.05, 0.1) is 11.4 Å². The van der Waals surface area contributed by atoms with E-state index in [0.717, 1.165) is 17.2 Å². The van der Waals surface area contributed by atoms with Crippen LogP contribution in [0.25, 0.3) is 4.96 Å². The number of nitrogens with one attached hydrogen (secondary N) is 1. The molecule has 0 saturated carbocycles. The number of thiazole rings is 1. The Kier molecular flexibility index (Phi) is 4.19. The number of hydrogen-bond donors (Lipinski definition) is 1. The van der Waals surface area contributed by atoms with Gasteiger partial charge in [0, 0.05) is 29.0 Å². The highest BCUT2D eigenvalue weighted by Gasteiger charge is 2.14. The Hall–Kier alpha value is -1.17. The van der Waals surface area contributed by atoms with Crippen LogP contribution < -0.4 is 5.32 Å². The van der Waals surface area contributed by atoms with Crippen molar-refractivity contribution in [1.82, 2.24) is 14.7 Å². The van der Waals surface area contributed by atoms with Crippen LogP contribution in [0.4, 0.5) is 0 Å². The van der Waals surface area contributed by atoms with Gasteiger partial charge in [-0.1, -0.05) is 19.4 Å². The van der Waals surface area contributed by atoms with Gasteiger partial charge in [0.1, 0.15) is 0 Å². The lowest BCUT2D eigenvalue weighted by molar-refractivity contribution is 0.495. The van der Waals surface area contributed by atoms with Gasteiger partial charge >= 0.3 is 0 Å². The summed E-state index contributed by atoms with van der Waals surface area (Å²) in [6.07, 6.45) is 4.47. The van der Waals surface area contributed by atoms with Gasteiger partial charge in [-0.3, -0.25) is 4.40 Å². The van der Waals surface area contributed by atoms with E-state index in [1.54, 1.807) is 11.3 Å². The zero-order valence-electron chi connectivity index (χ0n) is 11.8. The molecular formula is C15H19N3S2. The average molecular weight is 305 g/mol. The molecule has 0 amide bonds. The SMILES string of the molecule is CCCC(NCc1c(C)nc2sccn12)c1cccs1. The molecule has 0 radical (unpaired) electrons. The van der Waals surface area contributed by atoms with E-state index in [-0.39, 0.29) is 0 Å². The van der Waals surface area contributed by atoms with Crippen LogP contribution in [0.5, 0.6) is 0 Å². The second kappa shape index (κ2) is 6.08. The van der Waals surface area contributed by atoms with Crippen LogP contribution in [-0.4, -0.2) is 9.38 Å². The van der Waals surface area contributed by atoms with E-state index >= 15 is 0 Å². The van der Waals surface area contributed by atoms with Crippen molar-refractivity contribution in [3.8, 4) is 0 Å². The number of imidazole rings is 1. The highest BCUT2D eigenvalue weighted by molar-refractivity contribution is 7.15. The van der Waals surface area contributed by atoms with Crippen LogP contribution in [0.15, 0.2) is 29.1 Å². The fraction of sp³-hybridized carbons (Fsp3) is 0.400. The summed E-state index contributed by atoms with van der Waals surface area (Å²) in [7, 11) is 0. The van der Waals surface area contributed by atoms with Crippen LogP contribution in [-0.2, 0) is 6.54 Å². The van der Waals surface area contributed by atoms with Crippen molar-refractivity contribution >= 4 is 27.6 Å². The Morgan fingerprint density at radius 2 is 2.25 bits per heavy atom. The van der Waals surface area contributed by atoms with Crippen molar-refractivity contribution in [3.63, 3.8) is 0 Å². The quantitative estimate of drug-likeness (QED) is 0.731. The predicted octanol–water partition coefficient (Wildman–Crippen LogP) is 4.40. The Labute approximate surface area is 127 Å². The Bertz CT molecular complexity index is 666. The van der Waals surface area contributed by atoms with E-state index in [1.165, 1.54) is 23.4 Å². The first-order chi connectivity index (χ1) is 9.79. The molecule has 20 heavy (non-hydrogen) atoms. The van der Waals surface area contributed by atoms with Gasteiger partial charge in [-0.05, 0) is 24.8 Å². The minimum absolute atomic E-state index is 0.448. The highest BCUT2D eigenvalue weighted by Crippen LogP contribution is 2.24. The van der Waals surface area contributed by atoms with Crippen molar-refractivity contribution in [2.45, 2.75) is 39.3 Å². The summed E-state index contributed by atoms with van der Waals surface area (Å²) in [5.74, 6) is 0. The summed E-state index contributed by atoms with van der Waals surface area (Å²) >= 11 is 3.53. The van der Waals surface area contributed by atoms with Crippen LogP contribution in [0.3, 0.4) is 0 Å². The van der Waals surface area contributed by atoms with Crippen LogP contribution >= 0.6 is 22.7 Å². The topological polar surface area (TPSA) is 29.3 Å². The summed E-state index contributed by atoms with van der Waals surface area (Å²) in [6.45, 7) is 5.20. The van der Waals surface area contributed by atoms with Gasteiger partial charge in [-0.15, -0.1) is 22.7 Å².